The molecule has 11 heteroatoms. The van der Waals surface area contributed by atoms with Crippen LogP contribution in [0, 0.1) is 0 Å². The minimum Gasteiger partial charge on any atom is -0.494 e. The van der Waals surface area contributed by atoms with Crippen molar-refractivity contribution in [2.45, 2.75) is 31.0 Å². The SMILES string of the molecule is [N-]=[N+]=NCc1ccccc1C[C@@]1(C(=O)NCCF)N=C(c2ccc(OCCCO)cc2)O[C@@H]1c1ccc(Br)cc1. The Morgan fingerprint density at radius 1 is 1.15 bits per heavy atom. The molecule has 0 aliphatic carbocycles. The van der Waals surface area contributed by atoms with Crippen LogP contribution in [0.25, 0.3) is 10.4 Å². The van der Waals surface area contributed by atoms with Gasteiger partial charge in [0.15, 0.2) is 11.6 Å². The number of hydrogen-bond acceptors (Lipinski definition) is 6. The highest BCUT2D eigenvalue weighted by Gasteiger charge is 2.53. The van der Waals surface area contributed by atoms with Crippen LogP contribution in [-0.4, -0.2) is 48.9 Å². The number of nitrogens with zero attached hydrogens (tertiary/aromatic N) is 4. The molecule has 0 saturated carbocycles. The molecule has 1 aliphatic rings. The van der Waals surface area contributed by atoms with Crippen molar-refractivity contribution >= 4 is 27.7 Å². The molecule has 4 rings (SSSR count). The first-order chi connectivity index (χ1) is 19.5. The molecular formula is C29H29BrFN5O4. The first-order valence-electron chi connectivity index (χ1n) is 12.8. The fourth-order valence-electron chi connectivity index (χ4n) is 4.52. The maximum Gasteiger partial charge on any atom is 0.252 e. The number of alkyl halides is 1. The summed E-state index contributed by atoms with van der Waals surface area (Å²) in [6, 6.07) is 21.9. The summed E-state index contributed by atoms with van der Waals surface area (Å²) < 4.78 is 26.1. The zero-order chi connectivity index (χ0) is 28.4. The molecule has 0 bridgehead atoms. The summed E-state index contributed by atoms with van der Waals surface area (Å²) in [6.45, 7) is -0.371. The Balaban J connectivity index is 1.80. The Labute approximate surface area is 239 Å². The van der Waals surface area contributed by atoms with E-state index in [1.807, 2.05) is 48.5 Å². The molecule has 3 aromatic rings. The monoisotopic (exact) mass is 609 g/mol. The summed E-state index contributed by atoms with van der Waals surface area (Å²) in [6.07, 6.45) is -0.193. The van der Waals surface area contributed by atoms with Crippen molar-refractivity contribution in [1.82, 2.24) is 5.32 Å². The Kier molecular flexibility index (Phi) is 10.1. The van der Waals surface area contributed by atoms with Crippen LogP contribution in [-0.2, 0) is 22.5 Å². The molecule has 208 valence electrons. The van der Waals surface area contributed by atoms with Crippen LogP contribution >= 0.6 is 15.9 Å². The molecule has 2 N–H and O–H groups in total. The van der Waals surface area contributed by atoms with Gasteiger partial charge >= 0.3 is 0 Å². The van der Waals surface area contributed by atoms with Gasteiger partial charge in [0, 0.05) is 40.9 Å². The summed E-state index contributed by atoms with van der Waals surface area (Å²) in [5.74, 6) is 0.410. The first kappa shape index (κ1) is 29.1. The summed E-state index contributed by atoms with van der Waals surface area (Å²) in [5, 5.41) is 15.4. The van der Waals surface area contributed by atoms with Crippen LogP contribution in [0.5, 0.6) is 5.75 Å². The van der Waals surface area contributed by atoms with Gasteiger partial charge in [-0.05, 0) is 58.6 Å². The van der Waals surface area contributed by atoms with E-state index in [9.17, 15) is 9.18 Å². The predicted molar refractivity (Wildman–Crippen MR) is 153 cm³/mol. The Morgan fingerprint density at radius 2 is 1.88 bits per heavy atom. The summed E-state index contributed by atoms with van der Waals surface area (Å²) >= 11 is 3.45. The lowest BCUT2D eigenvalue weighted by molar-refractivity contribution is -0.129. The second-order valence-electron chi connectivity index (χ2n) is 9.12. The number of rotatable bonds is 13. The average Bonchev–Trinajstić information content (AvgIpc) is 3.36. The normalized spacial score (nSPS) is 17.9. The largest absolute Gasteiger partial charge is 0.494 e. The number of aliphatic hydroxyl groups excluding tert-OH is 1. The van der Waals surface area contributed by atoms with Gasteiger partial charge in [-0.25, -0.2) is 9.38 Å². The second-order valence-corrected chi connectivity index (χ2v) is 10.0. The number of carbonyl (C=O) groups is 1. The minimum atomic E-state index is -1.49. The molecule has 0 radical (unpaired) electrons. The van der Waals surface area contributed by atoms with Gasteiger partial charge in [-0.15, -0.1) is 0 Å². The van der Waals surface area contributed by atoms with Crippen LogP contribution in [0.15, 0.2) is 87.4 Å². The van der Waals surface area contributed by atoms with Crippen molar-refractivity contribution in [3.63, 3.8) is 0 Å². The van der Waals surface area contributed by atoms with Gasteiger partial charge in [0.2, 0.25) is 5.90 Å². The quantitative estimate of drug-likeness (QED) is 0.113. The number of amides is 1. The molecule has 1 heterocycles. The van der Waals surface area contributed by atoms with Crippen LogP contribution in [0.4, 0.5) is 4.39 Å². The second kappa shape index (κ2) is 13.9. The van der Waals surface area contributed by atoms with Crippen LogP contribution in [0.3, 0.4) is 0 Å². The number of azide groups is 1. The fraction of sp³-hybridized carbons (Fsp3) is 0.310. The smallest absolute Gasteiger partial charge is 0.252 e. The molecule has 0 unspecified atom stereocenters. The minimum absolute atomic E-state index is 0.0404. The zero-order valence-electron chi connectivity index (χ0n) is 21.7. The number of benzene rings is 3. The summed E-state index contributed by atoms with van der Waals surface area (Å²) in [7, 11) is 0. The zero-order valence-corrected chi connectivity index (χ0v) is 23.3. The van der Waals surface area contributed by atoms with E-state index in [1.165, 1.54) is 0 Å². The number of ether oxygens (including phenoxy) is 2. The highest BCUT2D eigenvalue weighted by molar-refractivity contribution is 9.10. The molecular weight excluding hydrogens is 581 g/mol. The molecule has 40 heavy (non-hydrogen) atoms. The number of halogens is 2. The Morgan fingerprint density at radius 3 is 2.55 bits per heavy atom. The molecule has 1 amide bonds. The van der Waals surface area contributed by atoms with E-state index in [-0.39, 0.29) is 32.0 Å². The lowest BCUT2D eigenvalue weighted by atomic mass is 9.81. The predicted octanol–water partition coefficient (Wildman–Crippen LogP) is 5.61. The van der Waals surface area contributed by atoms with Crippen molar-refractivity contribution in [2.24, 2.45) is 10.1 Å². The van der Waals surface area contributed by atoms with Crippen molar-refractivity contribution in [2.75, 3.05) is 26.4 Å². The van der Waals surface area contributed by atoms with Crippen molar-refractivity contribution in [3.05, 3.63) is 110 Å². The molecule has 3 aromatic carbocycles. The molecule has 2 atom stereocenters. The van der Waals surface area contributed by atoms with Gasteiger partial charge in [0.1, 0.15) is 12.4 Å². The fourth-order valence-corrected chi connectivity index (χ4v) is 4.78. The van der Waals surface area contributed by atoms with E-state index >= 15 is 0 Å². The topological polar surface area (TPSA) is 129 Å². The van der Waals surface area contributed by atoms with Gasteiger partial charge in [-0.3, -0.25) is 4.79 Å². The summed E-state index contributed by atoms with van der Waals surface area (Å²) in [5.41, 5.74) is 10.3. The molecule has 0 fully saturated rings. The molecule has 0 saturated heterocycles. The highest BCUT2D eigenvalue weighted by Crippen LogP contribution is 2.43. The third kappa shape index (κ3) is 6.80. The number of nitrogens with one attached hydrogen (secondary N) is 1. The number of aliphatic imine (C=N–C) groups is 1. The van der Waals surface area contributed by atoms with Gasteiger partial charge in [-0.1, -0.05) is 57.4 Å². The van der Waals surface area contributed by atoms with Gasteiger partial charge in [0.05, 0.1) is 13.2 Å². The van der Waals surface area contributed by atoms with E-state index in [4.69, 9.17) is 25.1 Å². The van der Waals surface area contributed by atoms with E-state index in [2.05, 4.69) is 31.3 Å². The van der Waals surface area contributed by atoms with Crippen LogP contribution in [0.2, 0.25) is 0 Å². The number of aliphatic hydroxyl groups is 1. The standard InChI is InChI=1S/C29H29BrFN5O4/c30-24-10-6-20(7-11-24)26-29(28(38)33-15-14-31,18-22-4-1-2-5-23(22)19-34-36-32)35-27(40-26)21-8-12-25(13-9-21)39-17-3-16-37/h1-2,4-13,26,37H,3,14-19H2,(H,33,38)/t26-,29-/m1/s1. The van der Waals surface area contributed by atoms with Crippen molar-refractivity contribution in [3.8, 4) is 5.75 Å². The maximum atomic E-state index is 13.9. The van der Waals surface area contributed by atoms with Gasteiger partial charge in [0.25, 0.3) is 5.91 Å². The molecule has 9 nitrogen and oxygen atoms in total. The molecule has 0 aromatic heterocycles. The first-order valence-corrected chi connectivity index (χ1v) is 13.6. The Hall–Kier alpha value is -3.92. The average molecular weight is 610 g/mol. The van der Waals surface area contributed by atoms with E-state index in [1.54, 1.807) is 24.3 Å². The number of carbonyl (C=O) groups excluding carboxylic acids is 1. The van der Waals surface area contributed by atoms with E-state index < -0.39 is 24.2 Å². The Bertz CT molecular complexity index is 1380. The third-order valence-electron chi connectivity index (χ3n) is 6.47. The highest BCUT2D eigenvalue weighted by atomic mass is 79.9. The molecule has 0 spiro atoms. The number of hydrogen-bond donors (Lipinski definition) is 2. The molecule has 1 aliphatic heterocycles. The third-order valence-corrected chi connectivity index (χ3v) is 6.99. The van der Waals surface area contributed by atoms with Crippen LogP contribution < -0.4 is 10.1 Å². The van der Waals surface area contributed by atoms with E-state index in [0.717, 1.165) is 15.6 Å². The lowest BCUT2D eigenvalue weighted by Gasteiger charge is -2.31. The lowest BCUT2D eigenvalue weighted by Crippen LogP contribution is -2.50. The van der Waals surface area contributed by atoms with Crippen molar-refractivity contribution < 1.29 is 23.8 Å². The van der Waals surface area contributed by atoms with Crippen LogP contribution in [0.1, 0.15) is 34.8 Å². The maximum absolute atomic E-state index is 13.9. The van der Waals surface area contributed by atoms with E-state index in [0.29, 0.717) is 29.9 Å². The van der Waals surface area contributed by atoms with Gasteiger partial charge in [-0.2, -0.15) is 0 Å². The van der Waals surface area contributed by atoms with Gasteiger partial charge < -0.3 is 19.9 Å². The van der Waals surface area contributed by atoms with Crippen molar-refractivity contribution in [1.29, 1.82) is 0 Å². The summed E-state index contributed by atoms with van der Waals surface area (Å²) in [4.78, 5) is 21.7.